The average Bonchev–Trinajstić information content (AvgIpc) is 2.94. The van der Waals surface area contributed by atoms with Crippen molar-refractivity contribution in [2.24, 2.45) is 5.92 Å². The summed E-state index contributed by atoms with van der Waals surface area (Å²) in [6.45, 7) is 2.17. The average molecular weight is 265 g/mol. The molecule has 0 amide bonds. The smallest absolute Gasteiger partial charge is 0.153 e. The maximum Gasteiger partial charge on any atom is 0.153 e. The lowest BCUT2D eigenvalue weighted by molar-refractivity contribution is 0.0192. The van der Waals surface area contributed by atoms with Gasteiger partial charge in [0.15, 0.2) is 5.58 Å². The van der Waals surface area contributed by atoms with E-state index >= 15 is 0 Å². The van der Waals surface area contributed by atoms with Crippen LogP contribution in [0.1, 0.15) is 38.4 Å². The number of para-hydroxylation sites is 1. The third-order valence-corrected chi connectivity index (χ3v) is 4.42. The third kappa shape index (κ3) is 1.84. The minimum atomic E-state index is -0.803. The number of fused-ring (bicyclic) bond motifs is 1. The van der Waals surface area contributed by atoms with Crippen LogP contribution in [0, 0.1) is 5.92 Å². The Bertz CT molecular complexity index is 575. The molecule has 0 spiro atoms. The lowest BCUT2D eigenvalue weighted by Gasteiger charge is -2.19. The highest BCUT2D eigenvalue weighted by molar-refractivity contribution is 6.34. The number of hydrogen-bond acceptors (Lipinski definition) is 2. The summed E-state index contributed by atoms with van der Waals surface area (Å²) in [7, 11) is 0. The Balaban J connectivity index is 2.02. The van der Waals surface area contributed by atoms with E-state index in [4.69, 9.17) is 16.0 Å². The van der Waals surface area contributed by atoms with Crippen LogP contribution in [0.3, 0.4) is 0 Å². The third-order valence-electron chi connectivity index (χ3n) is 4.12. The van der Waals surface area contributed by atoms with E-state index in [1.165, 1.54) is 0 Å². The predicted octanol–water partition coefficient (Wildman–Crippen LogP) is 4.48. The van der Waals surface area contributed by atoms with Gasteiger partial charge in [0.05, 0.1) is 5.02 Å². The van der Waals surface area contributed by atoms with Crippen molar-refractivity contribution in [3.63, 3.8) is 0 Å². The first-order valence-corrected chi connectivity index (χ1v) is 6.91. The van der Waals surface area contributed by atoms with Crippen LogP contribution in [0.2, 0.25) is 5.02 Å². The molecule has 1 N–H and O–H groups in total. The van der Waals surface area contributed by atoms with Crippen molar-refractivity contribution in [3.05, 3.63) is 35.0 Å². The maximum absolute atomic E-state index is 10.7. The van der Waals surface area contributed by atoms with Gasteiger partial charge < -0.3 is 9.52 Å². The van der Waals surface area contributed by atoms with Crippen molar-refractivity contribution in [2.75, 3.05) is 0 Å². The van der Waals surface area contributed by atoms with Crippen LogP contribution < -0.4 is 0 Å². The molecule has 2 unspecified atom stereocenters. The van der Waals surface area contributed by atoms with Crippen LogP contribution in [-0.2, 0) is 5.60 Å². The van der Waals surface area contributed by atoms with Gasteiger partial charge in [-0.1, -0.05) is 37.1 Å². The van der Waals surface area contributed by atoms with Gasteiger partial charge in [0.25, 0.3) is 0 Å². The molecule has 0 bridgehead atoms. The number of halogens is 1. The Hall–Kier alpha value is -0.990. The molecule has 1 aliphatic rings. The topological polar surface area (TPSA) is 33.4 Å². The first-order valence-electron chi connectivity index (χ1n) is 6.53. The molecule has 3 rings (SSSR count). The normalized spacial score (nSPS) is 28.1. The first kappa shape index (κ1) is 12.1. The lowest BCUT2D eigenvalue weighted by atomic mass is 9.96. The molecule has 1 saturated carbocycles. The zero-order valence-corrected chi connectivity index (χ0v) is 11.2. The van der Waals surface area contributed by atoms with Gasteiger partial charge in [-0.3, -0.25) is 0 Å². The molecule has 2 nitrogen and oxygen atoms in total. The standard InChI is InChI=1S/C15H17ClO2/c1-2-10-6-7-15(17,9-10)13-8-11-4-3-5-12(16)14(11)18-13/h3-5,8,10,17H,2,6-7,9H2,1H3. The fraction of sp³-hybridized carbons (Fsp3) is 0.467. The van der Waals surface area contributed by atoms with Crippen LogP contribution in [0.15, 0.2) is 28.7 Å². The minimum absolute atomic E-state index is 0.596. The van der Waals surface area contributed by atoms with E-state index in [2.05, 4.69) is 6.92 Å². The molecule has 3 heteroatoms. The van der Waals surface area contributed by atoms with Crippen molar-refractivity contribution < 1.29 is 9.52 Å². The number of benzene rings is 1. The van der Waals surface area contributed by atoms with Crippen LogP contribution in [0.25, 0.3) is 11.0 Å². The molecule has 0 saturated heterocycles. The molecule has 1 aliphatic carbocycles. The molecule has 0 radical (unpaired) electrons. The number of aliphatic hydroxyl groups is 1. The fourth-order valence-corrected chi connectivity index (χ4v) is 3.17. The Morgan fingerprint density at radius 3 is 3.00 bits per heavy atom. The molecule has 96 valence electrons. The van der Waals surface area contributed by atoms with Gasteiger partial charge in [0.1, 0.15) is 11.4 Å². The largest absolute Gasteiger partial charge is 0.456 e. The Kier molecular flexibility index (Phi) is 2.87. The molecule has 2 aromatic rings. The second-order valence-electron chi connectivity index (χ2n) is 5.32. The molecule has 1 heterocycles. The van der Waals surface area contributed by atoms with Crippen molar-refractivity contribution >= 4 is 22.6 Å². The molecule has 1 aromatic heterocycles. The van der Waals surface area contributed by atoms with Crippen LogP contribution in [0.5, 0.6) is 0 Å². The second-order valence-corrected chi connectivity index (χ2v) is 5.72. The zero-order valence-electron chi connectivity index (χ0n) is 10.4. The minimum Gasteiger partial charge on any atom is -0.456 e. The zero-order chi connectivity index (χ0) is 12.8. The van der Waals surface area contributed by atoms with Gasteiger partial charge in [0, 0.05) is 5.39 Å². The summed E-state index contributed by atoms with van der Waals surface area (Å²) in [5.74, 6) is 1.26. The van der Waals surface area contributed by atoms with Gasteiger partial charge in [-0.15, -0.1) is 0 Å². The fourth-order valence-electron chi connectivity index (χ4n) is 2.95. The van der Waals surface area contributed by atoms with Gasteiger partial charge in [-0.2, -0.15) is 0 Å². The van der Waals surface area contributed by atoms with Crippen molar-refractivity contribution in [1.29, 1.82) is 0 Å². The van der Waals surface area contributed by atoms with E-state index in [0.717, 1.165) is 31.1 Å². The van der Waals surface area contributed by atoms with Crippen LogP contribution in [0.4, 0.5) is 0 Å². The molecular formula is C15H17ClO2. The molecule has 0 aliphatic heterocycles. The van der Waals surface area contributed by atoms with E-state index in [1.807, 2.05) is 24.3 Å². The molecule has 18 heavy (non-hydrogen) atoms. The summed E-state index contributed by atoms with van der Waals surface area (Å²) >= 11 is 6.10. The van der Waals surface area contributed by atoms with Gasteiger partial charge >= 0.3 is 0 Å². The Morgan fingerprint density at radius 1 is 1.50 bits per heavy atom. The Morgan fingerprint density at radius 2 is 2.33 bits per heavy atom. The highest BCUT2D eigenvalue weighted by Crippen LogP contribution is 2.45. The van der Waals surface area contributed by atoms with E-state index < -0.39 is 5.60 Å². The van der Waals surface area contributed by atoms with E-state index in [0.29, 0.717) is 22.3 Å². The maximum atomic E-state index is 10.7. The van der Waals surface area contributed by atoms with Crippen LogP contribution in [-0.4, -0.2) is 5.11 Å². The summed E-state index contributed by atoms with van der Waals surface area (Å²) in [6.07, 6.45) is 3.75. The summed E-state index contributed by atoms with van der Waals surface area (Å²) in [6, 6.07) is 7.60. The van der Waals surface area contributed by atoms with Crippen molar-refractivity contribution in [3.8, 4) is 0 Å². The van der Waals surface area contributed by atoms with Gasteiger partial charge in [-0.05, 0) is 37.3 Å². The quantitative estimate of drug-likeness (QED) is 0.867. The van der Waals surface area contributed by atoms with E-state index in [1.54, 1.807) is 0 Å². The first-order chi connectivity index (χ1) is 8.62. The molecular weight excluding hydrogens is 248 g/mol. The van der Waals surface area contributed by atoms with Crippen molar-refractivity contribution in [2.45, 2.75) is 38.2 Å². The monoisotopic (exact) mass is 264 g/mol. The van der Waals surface area contributed by atoms with Crippen molar-refractivity contribution in [1.82, 2.24) is 0 Å². The van der Waals surface area contributed by atoms with Crippen LogP contribution >= 0.6 is 11.6 Å². The highest BCUT2D eigenvalue weighted by atomic mass is 35.5. The molecule has 2 atom stereocenters. The lowest BCUT2D eigenvalue weighted by Crippen LogP contribution is -2.20. The van der Waals surface area contributed by atoms with E-state index in [9.17, 15) is 5.11 Å². The summed E-state index contributed by atoms with van der Waals surface area (Å²) in [4.78, 5) is 0. The summed E-state index contributed by atoms with van der Waals surface area (Å²) in [5.41, 5.74) is -0.120. The SMILES string of the molecule is CCC1CCC(O)(c2cc3cccc(Cl)c3o2)C1. The van der Waals surface area contributed by atoms with Gasteiger partial charge in [-0.25, -0.2) is 0 Å². The number of hydrogen-bond donors (Lipinski definition) is 1. The highest BCUT2D eigenvalue weighted by Gasteiger charge is 2.40. The molecule has 1 aromatic carbocycles. The van der Waals surface area contributed by atoms with Gasteiger partial charge in [0.2, 0.25) is 0 Å². The summed E-state index contributed by atoms with van der Waals surface area (Å²) in [5, 5.41) is 12.3. The Labute approximate surface area is 112 Å². The predicted molar refractivity (Wildman–Crippen MR) is 72.8 cm³/mol. The summed E-state index contributed by atoms with van der Waals surface area (Å²) < 4.78 is 5.80. The number of rotatable bonds is 2. The number of furan rings is 1. The second kappa shape index (κ2) is 4.29. The van der Waals surface area contributed by atoms with E-state index in [-0.39, 0.29) is 0 Å². The molecule has 1 fully saturated rings.